The Kier molecular flexibility index (Phi) is 7.44. The van der Waals surface area contributed by atoms with Crippen molar-refractivity contribution < 1.29 is 9.90 Å². The second kappa shape index (κ2) is 7.70. The Labute approximate surface area is 100 Å². The van der Waals surface area contributed by atoms with Crippen molar-refractivity contribution in [3.63, 3.8) is 0 Å². The quantitative estimate of drug-likeness (QED) is 0.631. The van der Waals surface area contributed by atoms with Gasteiger partial charge in [0.1, 0.15) is 0 Å². The van der Waals surface area contributed by atoms with Gasteiger partial charge in [-0.15, -0.1) is 0 Å². The van der Waals surface area contributed by atoms with Crippen LogP contribution in [0.4, 0.5) is 0 Å². The van der Waals surface area contributed by atoms with Crippen LogP contribution in [0.25, 0.3) is 0 Å². The molecule has 0 aliphatic carbocycles. The second-order valence-electron chi connectivity index (χ2n) is 5.14. The number of hydrogen-bond donors (Lipinski definition) is 1. The highest BCUT2D eigenvalue weighted by Crippen LogP contribution is 2.37. The van der Waals surface area contributed by atoms with Crippen LogP contribution in [0.15, 0.2) is 0 Å². The van der Waals surface area contributed by atoms with Gasteiger partial charge in [0.15, 0.2) is 0 Å². The van der Waals surface area contributed by atoms with E-state index in [1.54, 1.807) is 0 Å². The van der Waals surface area contributed by atoms with Crippen molar-refractivity contribution in [1.29, 1.82) is 0 Å². The van der Waals surface area contributed by atoms with Crippen LogP contribution < -0.4 is 0 Å². The number of unbranched alkanes of at least 4 members (excludes halogenated alkanes) is 1. The Bertz CT molecular complexity index is 201. The topological polar surface area (TPSA) is 37.3 Å². The predicted octanol–water partition coefficient (Wildman–Crippen LogP) is 4.48. The zero-order chi connectivity index (χ0) is 12.6. The summed E-state index contributed by atoms with van der Waals surface area (Å²) in [6, 6.07) is 0. The summed E-state index contributed by atoms with van der Waals surface area (Å²) in [5.74, 6) is -0.0655. The zero-order valence-electron chi connectivity index (χ0n) is 11.4. The first-order valence-corrected chi connectivity index (χ1v) is 6.75. The molecule has 0 aliphatic rings. The van der Waals surface area contributed by atoms with Gasteiger partial charge in [0.2, 0.25) is 0 Å². The molecule has 0 aliphatic heterocycles. The van der Waals surface area contributed by atoms with E-state index in [9.17, 15) is 9.90 Å². The van der Waals surface area contributed by atoms with E-state index >= 15 is 0 Å². The van der Waals surface area contributed by atoms with Crippen molar-refractivity contribution in [3.05, 3.63) is 0 Å². The second-order valence-corrected chi connectivity index (χ2v) is 5.14. The molecule has 0 amide bonds. The first kappa shape index (κ1) is 15.5. The minimum absolute atomic E-state index is 0.468. The Morgan fingerprint density at radius 2 is 1.88 bits per heavy atom. The van der Waals surface area contributed by atoms with Gasteiger partial charge in [0.05, 0.1) is 5.41 Å². The van der Waals surface area contributed by atoms with Crippen molar-refractivity contribution in [2.24, 2.45) is 11.3 Å². The molecule has 16 heavy (non-hydrogen) atoms. The number of rotatable bonds is 9. The average Bonchev–Trinajstić information content (AvgIpc) is 2.24. The number of carboxylic acid groups (broad SMARTS) is 1. The SMILES string of the molecule is CCCCC(CC)(CC(C)CCC)C(=O)O. The van der Waals surface area contributed by atoms with Gasteiger partial charge in [0.25, 0.3) is 0 Å². The van der Waals surface area contributed by atoms with Gasteiger partial charge < -0.3 is 5.11 Å². The summed E-state index contributed by atoms with van der Waals surface area (Å²) in [6.07, 6.45) is 6.83. The molecule has 1 N–H and O–H groups in total. The van der Waals surface area contributed by atoms with Gasteiger partial charge in [-0.05, 0) is 25.2 Å². The molecule has 0 aromatic heterocycles. The predicted molar refractivity (Wildman–Crippen MR) is 68.6 cm³/mol. The van der Waals surface area contributed by atoms with Crippen molar-refractivity contribution >= 4 is 5.97 Å². The normalized spacial score (nSPS) is 16.8. The standard InChI is InChI=1S/C14H28O2/c1-5-8-10-14(7-3,13(15)16)11-12(4)9-6-2/h12H,5-11H2,1-4H3,(H,15,16). The molecule has 0 aromatic carbocycles. The average molecular weight is 228 g/mol. The van der Waals surface area contributed by atoms with E-state index in [-0.39, 0.29) is 0 Å². The van der Waals surface area contributed by atoms with Gasteiger partial charge in [-0.1, -0.05) is 53.4 Å². The fourth-order valence-electron chi connectivity index (χ4n) is 2.55. The molecular formula is C14H28O2. The Morgan fingerprint density at radius 3 is 2.25 bits per heavy atom. The fourth-order valence-corrected chi connectivity index (χ4v) is 2.55. The largest absolute Gasteiger partial charge is 0.481 e. The van der Waals surface area contributed by atoms with E-state index in [4.69, 9.17) is 0 Å². The van der Waals surface area contributed by atoms with Gasteiger partial charge in [-0.2, -0.15) is 0 Å². The third kappa shape index (κ3) is 4.54. The van der Waals surface area contributed by atoms with Crippen LogP contribution in [-0.4, -0.2) is 11.1 Å². The van der Waals surface area contributed by atoms with Crippen molar-refractivity contribution in [1.82, 2.24) is 0 Å². The lowest BCUT2D eigenvalue weighted by Gasteiger charge is -2.31. The van der Waals surface area contributed by atoms with Crippen LogP contribution >= 0.6 is 0 Å². The fraction of sp³-hybridized carbons (Fsp3) is 0.929. The molecule has 2 atom stereocenters. The van der Waals surface area contributed by atoms with E-state index in [2.05, 4.69) is 20.8 Å². The first-order chi connectivity index (χ1) is 7.52. The summed E-state index contributed by atoms with van der Waals surface area (Å²) in [5, 5.41) is 9.47. The lowest BCUT2D eigenvalue weighted by atomic mass is 9.73. The Balaban J connectivity index is 4.55. The molecule has 0 saturated carbocycles. The molecule has 0 rings (SSSR count). The van der Waals surface area contributed by atoms with Crippen LogP contribution in [0.3, 0.4) is 0 Å². The van der Waals surface area contributed by atoms with Crippen LogP contribution in [0.2, 0.25) is 0 Å². The number of carbonyl (C=O) groups is 1. The minimum atomic E-state index is -0.591. The third-order valence-corrected chi connectivity index (χ3v) is 3.66. The molecule has 0 spiro atoms. The van der Waals surface area contributed by atoms with Crippen LogP contribution in [0, 0.1) is 11.3 Å². The van der Waals surface area contributed by atoms with E-state index in [1.165, 1.54) is 0 Å². The molecular weight excluding hydrogens is 200 g/mol. The lowest BCUT2D eigenvalue weighted by molar-refractivity contribution is -0.151. The molecule has 2 nitrogen and oxygen atoms in total. The Morgan fingerprint density at radius 1 is 1.25 bits per heavy atom. The summed E-state index contributed by atoms with van der Waals surface area (Å²) in [7, 11) is 0. The van der Waals surface area contributed by atoms with E-state index in [0.717, 1.165) is 44.9 Å². The van der Waals surface area contributed by atoms with Gasteiger partial charge in [-0.25, -0.2) is 0 Å². The highest BCUT2D eigenvalue weighted by atomic mass is 16.4. The molecule has 0 fully saturated rings. The van der Waals surface area contributed by atoms with Crippen LogP contribution in [0.5, 0.6) is 0 Å². The molecule has 2 heteroatoms. The highest BCUT2D eigenvalue weighted by Gasteiger charge is 2.36. The molecule has 0 aromatic rings. The van der Waals surface area contributed by atoms with Crippen LogP contribution in [0.1, 0.15) is 72.6 Å². The van der Waals surface area contributed by atoms with E-state index < -0.39 is 11.4 Å². The highest BCUT2D eigenvalue weighted by molar-refractivity contribution is 5.74. The van der Waals surface area contributed by atoms with E-state index in [0.29, 0.717) is 5.92 Å². The monoisotopic (exact) mass is 228 g/mol. The lowest BCUT2D eigenvalue weighted by Crippen LogP contribution is -2.32. The minimum Gasteiger partial charge on any atom is -0.481 e. The van der Waals surface area contributed by atoms with Crippen molar-refractivity contribution in [2.45, 2.75) is 72.6 Å². The van der Waals surface area contributed by atoms with Gasteiger partial charge >= 0.3 is 5.97 Å². The maximum atomic E-state index is 11.5. The van der Waals surface area contributed by atoms with E-state index in [1.807, 2.05) is 6.92 Å². The molecule has 96 valence electrons. The number of hydrogen-bond acceptors (Lipinski definition) is 1. The summed E-state index contributed by atoms with van der Waals surface area (Å²) >= 11 is 0. The molecule has 0 bridgehead atoms. The van der Waals surface area contributed by atoms with Crippen LogP contribution in [-0.2, 0) is 4.79 Å². The summed E-state index contributed by atoms with van der Waals surface area (Å²) in [4.78, 5) is 11.5. The maximum absolute atomic E-state index is 11.5. The maximum Gasteiger partial charge on any atom is 0.309 e. The first-order valence-electron chi connectivity index (χ1n) is 6.75. The smallest absolute Gasteiger partial charge is 0.309 e. The van der Waals surface area contributed by atoms with Gasteiger partial charge in [0, 0.05) is 0 Å². The summed E-state index contributed by atoms with van der Waals surface area (Å²) in [6.45, 7) is 8.49. The summed E-state index contributed by atoms with van der Waals surface area (Å²) in [5.41, 5.74) is -0.468. The van der Waals surface area contributed by atoms with Crippen molar-refractivity contribution in [2.75, 3.05) is 0 Å². The molecule has 0 heterocycles. The van der Waals surface area contributed by atoms with Gasteiger partial charge in [-0.3, -0.25) is 4.79 Å². The number of aliphatic carboxylic acids is 1. The molecule has 0 radical (unpaired) electrons. The molecule has 2 unspecified atom stereocenters. The molecule has 0 saturated heterocycles. The number of carboxylic acids is 1. The zero-order valence-corrected chi connectivity index (χ0v) is 11.4. The Hall–Kier alpha value is -0.530. The summed E-state index contributed by atoms with van der Waals surface area (Å²) < 4.78 is 0. The van der Waals surface area contributed by atoms with Crippen molar-refractivity contribution in [3.8, 4) is 0 Å². The third-order valence-electron chi connectivity index (χ3n) is 3.66.